The van der Waals surface area contributed by atoms with Gasteiger partial charge < -0.3 is 14.2 Å². The molecule has 3 aromatic rings. The molecule has 7 heteroatoms. The molecule has 150 valence electrons. The number of esters is 1. The minimum absolute atomic E-state index is 0.0589. The number of aryl methyl sites for hydroxylation is 1. The van der Waals surface area contributed by atoms with Crippen LogP contribution in [-0.2, 0) is 27.4 Å². The van der Waals surface area contributed by atoms with Gasteiger partial charge in [-0.2, -0.15) is 5.10 Å². The van der Waals surface area contributed by atoms with Gasteiger partial charge in [0.25, 0.3) is 0 Å². The van der Waals surface area contributed by atoms with Crippen LogP contribution in [0.15, 0.2) is 48.8 Å². The molecule has 0 saturated carbocycles. The summed E-state index contributed by atoms with van der Waals surface area (Å²) in [5.74, 6) is 0.543. The molecule has 4 rings (SSSR count). The Balaban J connectivity index is 1.59. The Morgan fingerprint density at radius 2 is 1.79 bits per heavy atom. The maximum absolute atomic E-state index is 12.6. The number of fused-ring (bicyclic) bond motifs is 1. The van der Waals surface area contributed by atoms with Crippen LogP contribution in [0.4, 0.5) is 0 Å². The van der Waals surface area contributed by atoms with Crippen molar-refractivity contribution in [1.29, 1.82) is 0 Å². The Bertz CT molecular complexity index is 1020. The van der Waals surface area contributed by atoms with Crippen molar-refractivity contribution in [2.24, 2.45) is 0 Å². The number of carbonyl (C=O) groups is 2. The summed E-state index contributed by atoms with van der Waals surface area (Å²) in [6, 6.07) is 12.2. The summed E-state index contributed by atoms with van der Waals surface area (Å²) in [4.78, 5) is 25.9. The lowest BCUT2D eigenvalue weighted by Crippen LogP contribution is -2.27. The number of benzene rings is 1. The fraction of sp³-hybridized carbons (Fsp3) is 0.318. The Kier molecular flexibility index (Phi) is 5.20. The predicted molar refractivity (Wildman–Crippen MR) is 108 cm³/mol. The first kappa shape index (κ1) is 19.0. The first-order valence-corrected chi connectivity index (χ1v) is 9.81. The molecule has 0 radical (unpaired) electrons. The smallest absolute Gasteiger partial charge is 0.306 e. The van der Waals surface area contributed by atoms with E-state index in [1.807, 2.05) is 45.9 Å². The molecule has 1 aromatic carbocycles. The van der Waals surface area contributed by atoms with E-state index in [1.165, 1.54) is 5.56 Å². The second kappa shape index (κ2) is 7.95. The lowest BCUT2D eigenvalue weighted by atomic mass is 10.2. The van der Waals surface area contributed by atoms with Crippen molar-refractivity contribution in [1.82, 2.24) is 19.2 Å². The largest absolute Gasteiger partial charge is 0.466 e. The third kappa shape index (κ3) is 3.81. The standard InChI is InChI=1S/C22H24N4O3/c1-3-29-21(28)11-10-20(27)25-14-18-19(15-25)23-26(17-8-6-16(2)7-9-17)22(18)24-12-4-5-13-24/h4-9,12-13H,3,10-11,14-15H2,1-2H3. The van der Waals surface area contributed by atoms with E-state index in [0.717, 1.165) is 22.8 Å². The van der Waals surface area contributed by atoms with Gasteiger partial charge in [-0.05, 0) is 38.1 Å². The highest BCUT2D eigenvalue weighted by Gasteiger charge is 2.31. The van der Waals surface area contributed by atoms with Crippen LogP contribution < -0.4 is 0 Å². The molecule has 0 bridgehead atoms. The molecule has 0 N–H and O–H groups in total. The van der Waals surface area contributed by atoms with Crippen LogP contribution in [0.3, 0.4) is 0 Å². The highest BCUT2D eigenvalue weighted by Crippen LogP contribution is 2.31. The van der Waals surface area contributed by atoms with Crippen molar-refractivity contribution in [3.8, 4) is 11.5 Å². The number of hydrogen-bond donors (Lipinski definition) is 0. The van der Waals surface area contributed by atoms with E-state index in [0.29, 0.717) is 19.7 Å². The molecule has 1 aliphatic rings. The maximum Gasteiger partial charge on any atom is 0.306 e. The fourth-order valence-corrected chi connectivity index (χ4v) is 3.59. The van der Waals surface area contributed by atoms with E-state index >= 15 is 0 Å². The van der Waals surface area contributed by atoms with E-state index < -0.39 is 0 Å². The number of rotatable bonds is 6. The Hall–Kier alpha value is -3.35. The van der Waals surface area contributed by atoms with Crippen molar-refractivity contribution in [2.45, 2.75) is 39.8 Å². The summed E-state index contributed by atoms with van der Waals surface area (Å²) >= 11 is 0. The molecule has 1 aliphatic heterocycles. The molecule has 2 aromatic heterocycles. The third-order valence-corrected chi connectivity index (χ3v) is 5.06. The second-order valence-corrected chi connectivity index (χ2v) is 7.14. The lowest BCUT2D eigenvalue weighted by Gasteiger charge is -2.17. The van der Waals surface area contributed by atoms with Crippen molar-refractivity contribution in [2.75, 3.05) is 6.61 Å². The third-order valence-electron chi connectivity index (χ3n) is 5.06. The van der Waals surface area contributed by atoms with Gasteiger partial charge in [0.2, 0.25) is 5.91 Å². The normalized spacial score (nSPS) is 12.8. The van der Waals surface area contributed by atoms with Gasteiger partial charge in [0.1, 0.15) is 5.82 Å². The number of nitrogens with zero attached hydrogens (tertiary/aromatic N) is 4. The molecule has 7 nitrogen and oxygen atoms in total. The van der Waals surface area contributed by atoms with Crippen LogP contribution in [-0.4, -0.2) is 37.7 Å². The van der Waals surface area contributed by atoms with Crippen LogP contribution in [0, 0.1) is 6.92 Å². The summed E-state index contributed by atoms with van der Waals surface area (Å²) in [7, 11) is 0. The SMILES string of the molecule is CCOC(=O)CCC(=O)N1Cc2nn(-c3ccc(C)cc3)c(-n3cccc3)c2C1. The van der Waals surface area contributed by atoms with Gasteiger partial charge in [0.05, 0.1) is 37.5 Å². The Morgan fingerprint density at radius 3 is 2.48 bits per heavy atom. The molecule has 0 saturated heterocycles. The van der Waals surface area contributed by atoms with Crippen LogP contribution >= 0.6 is 0 Å². The summed E-state index contributed by atoms with van der Waals surface area (Å²) in [5, 5.41) is 4.81. The summed E-state index contributed by atoms with van der Waals surface area (Å²) < 4.78 is 8.88. The van der Waals surface area contributed by atoms with Gasteiger partial charge in [-0.1, -0.05) is 17.7 Å². The van der Waals surface area contributed by atoms with Gasteiger partial charge in [0, 0.05) is 24.4 Å². The fourth-order valence-electron chi connectivity index (χ4n) is 3.59. The average Bonchev–Trinajstić information content (AvgIpc) is 3.42. The highest BCUT2D eigenvalue weighted by molar-refractivity contribution is 5.82. The number of hydrogen-bond acceptors (Lipinski definition) is 4. The van der Waals surface area contributed by atoms with Gasteiger partial charge in [-0.15, -0.1) is 0 Å². The number of carbonyl (C=O) groups excluding carboxylic acids is 2. The predicted octanol–water partition coefficient (Wildman–Crippen LogP) is 3.16. The molecule has 3 heterocycles. The molecule has 29 heavy (non-hydrogen) atoms. The Morgan fingerprint density at radius 1 is 1.07 bits per heavy atom. The van der Waals surface area contributed by atoms with E-state index in [4.69, 9.17) is 9.84 Å². The molecular weight excluding hydrogens is 368 g/mol. The molecule has 0 aliphatic carbocycles. The summed E-state index contributed by atoms with van der Waals surface area (Å²) in [6.45, 7) is 5.07. The zero-order valence-corrected chi connectivity index (χ0v) is 16.7. The minimum Gasteiger partial charge on any atom is -0.466 e. The Labute approximate surface area is 169 Å². The molecule has 1 amide bonds. The average molecular weight is 392 g/mol. The highest BCUT2D eigenvalue weighted by atomic mass is 16.5. The first-order chi connectivity index (χ1) is 14.1. The maximum atomic E-state index is 12.6. The van der Waals surface area contributed by atoms with Crippen LogP contribution in [0.1, 0.15) is 36.6 Å². The number of amides is 1. The van der Waals surface area contributed by atoms with Gasteiger partial charge in [-0.25, -0.2) is 4.68 Å². The van der Waals surface area contributed by atoms with E-state index in [9.17, 15) is 9.59 Å². The summed E-state index contributed by atoms with van der Waals surface area (Å²) in [5.41, 5.74) is 4.09. The van der Waals surface area contributed by atoms with Gasteiger partial charge >= 0.3 is 5.97 Å². The molecular formula is C22H24N4O3. The van der Waals surface area contributed by atoms with Crippen molar-refractivity contribution >= 4 is 11.9 Å². The van der Waals surface area contributed by atoms with E-state index in [1.54, 1.807) is 11.8 Å². The topological polar surface area (TPSA) is 69.4 Å². The minimum atomic E-state index is -0.338. The van der Waals surface area contributed by atoms with E-state index in [2.05, 4.69) is 19.1 Å². The quantitative estimate of drug-likeness (QED) is 0.604. The van der Waals surface area contributed by atoms with Crippen molar-refractivity contribution < 1.29 is 14.3 Å². The first-order valence-electron chi connectivity index (χ1n) is 9.81. The number of ether oxygens (including phenoxy) is 1. The summed E-state index contributed by atoms with van der Waals surface area (Å²) in [6.07, 6.45) is 4.22. The molecule has 0 spiro atoms. The van der Waals surface area contributed by atoms with Gasteiger partial charge in [0.15, 0.2) is 0 Å². The molecule has 0 fully saturated rings. The zero-order chi connectivity index (χ0) is 20.4. The molecule has 0 atom stereocenters. The molecule has 0 unspecified atom stereocenters. The van der Waals surface area contributed by atoms with Crippen LogP contribution in [0.2, 0.25) is 0 Å². The monoisotopic (exact) mass is 392 g/mol. The van der Waals surface area contributed by atoms with E-state index in [-0.39, 0.29) is 24.7 Å². The number of aromatic nitrogens is 3. The van der Waals surface area contributed by atoms with Crippen LogP contribution in [0.5, 0.6) is 0 Å². The van der Waals surface area contributed by atoms with Crippen molar-refractivity contribution in [3.63, 3.8) is 0 Å². The zero-order valence-electron chi connectivity index (χ0n) is 16.7. The van der Waals surface area contributed by atoms with Crippen LogP contribution in [0.25, 0.3) is 11.5 Å². The lowest BCUT2D eigenvalue weighted by molar-refractivity contribution is -0.145. The van der Waals surface area contributed by atoms with Crippen molar-refractivity contribution in [3.05, 3.63) is 65.6 Å². The second-order valence-electron chi connectivity index (χ2n) is 7.14. The van der Waals surface area contributed by atoms with Gasteiger partial charge in [-0.3, -0.25) is 9.59 Å².